The van der Waals surface area contributed by atoms with Crippen molar-refractivity contribution in [3.05, 3.63) is 41.6 Å². The number of pyridine rings is 1. The molecule has 0 spiro atoms. The minimum atomic E-state index is 0.171. The smallest absolute Gasteiger partial charge is 0.0705 e. The second-order valence-electron chi connectivity index (χ2n) is 6.63. The fraction of sp³-hybridized carbons (Fsp3) is 0.526. The van der Waals surface area contributed by atoms with Crippen LogP contribution in [-0.4, -0.2) is 4.98 Å². The average molecular weight is 282 g/mol. The molecule has 1 aliphatic rings. The first-order valence-corrected chi connectivity index (χ1v) is 8.30. The zero-order valence-electron chi connectivity index (χ0n) is 13.2. The minimum absolute atomic E-state index is 0.171. The zero-order chi connectivity index (χ0) is 14.8. The van der Waals surface area contributed by atoms with E-state index in [9.17, 15) is 0 Å². The largest absolute Gasteiger partial charge is 0.324 e. The predicted octanol–water partition coefficient (Wildman–Crippen LogP) is 4.76. The maximum Gasteiger partial charge on any atom is 0.0705 e. The number of nitrogens with zero attached hydrogens (tertiary/aromatic N) is 1. The molecular formula is C19H26N2. The number of hydrogen-bond acceptors (Lipinski definition) is 2. The van der Waals surface area contributed by atoms with Gasteiger partial charge in [0.05, 0.1) is 5.52 Å². The van der Waals surface area contributed by atoms with Crippen molar-refractivity contribution in [2.75, 3.05) is 0 Å². The lowest BCUT2D eigenvalue weighted by Crippen LogP contribution is -2.26. The van der Waals surface area contributed by atoms with Crippen molar-refractivity contribution in [2.45, 2.75) is 52.0 Å². The quantitative estimate of drug-likeness (QED) is 0.881. The number of benzene rings is 1. The van der Waals surface area contributed by atoms with E-state index in [1.807, 2.05) is 6.92 Å². The maximum atomic E-state index is 6.59. The molecular weight excluding hydrogens is 256 g/mol. The Kier molecular flexibility index (Phi) is 4.25. The third-order valence-electron chi connectivity index (χ3n) is 5.15. The molecule has 1 heterocycles. The number of hydrogen-bond donors (Lipinski definition) is 1. The van der Waals surface area contributed by atoms with E-state index in [0.717, 1.165) is 17.1 Å². The van der Waals surface area contributed by atoms with Crippen molar-refractivity contribution in [3.63, 3.8) is 0 Å². The van der Waals surface area contributed by atoms with Crippen molar-refractivity contribution in [3.8, 4) is 0 Å². The highest BCUT2D eigenvalue weighted by molar-refractivity contribution is 5.79. The summed E-state index contributed by atoms with van der Waals surface area (Å²) < 4.78 is 0. The highest BCUT2D eigenvalue weighted by Crippen LogP contribution is 2.37. The Bertz CT molecular complexity index is 620. The highest BCUT2D eigenvalue weighted by atomic mass is 14.7. The summed E-state index contributed by atoms with van der Waals surface area (Å²) in [6.07, 6.45) is 6.60. The summed E-state index contributed by atoms with van der Waals surface area (Å²) >= 11 is 0. The van der Waals surface area contributed by atoms with Gasteiger partial charge in [0.15, 0.2) is 0 Å². The van der Waals surface area contributed by atoms with Crippen LogP contribution in [0.25, 0.3) is 10.9 Å². The molecule has 2 N–H and O–H groups in total. The summed E-state index contributed by atoms with van der Waals surface area (Å²) in [6, 6.07) is 10.9. The van der Waals surface area contributed by atoms with Gasteiger partial charge < -0.3 is 5.73 Å². The van der Waals surface area contributed by atoms with Gasteiger partial charge in [0.25, 0.3) is 0 Å². The highest BCUT2D eigenvalue weighted by Gasteiger charge is 2.26. The topological polar surface area (TPSA) is 38.9 Å². The van der Waals surface area contributed by atoms with E-state index in [1.165, 1.54) is 43.1 Å². The zero-order valence-corrected chi connectivity index (χ0v) is 13.2. The summed E-state index contributed by atoms with van der Waals surface area (Å²) in [7, 11) is 0. The standard InChI is InChI=1S/C19H26N2/c1-3-14-5-4-6-16(11-14)19(20)17-9-10-18-15(12-17)8-7-13(2)21-18/h7-10,12,14,16,19H,3-6,11,20H2,1-2H3. The van der Waals surface area contributed by atoms with Crippen LogP contribution in [0.3, 0.4) is 0 Å². The van der Waals surface area contributed by atoms with Crippen molar-refractivity contribution in [1.29, 1.82) is 0 Å². The first kappa shape index (κ1) is 14.5. The van der Waals surface area contributed by atoms with Gasteiger partial charge in [-0.25, -0.2) is 0 Å². The van der Waals surface area contributed by atoms with Gasteiger partial charge in [-0.15, -0.1) is 0 Å². The van der Waals surface area contributed by atoms with Crippen LogP contribution in [0, 0.1) is 18.8 Å². The van der Waals surface area contributed by atoms with Crippen LogP contribution in [0.4, 0.5) is 0 Å². The first-order chi connectivity index (χ1) is 10.2. The molecule has 21 heavy (non-hydrogen) atoms. The van der Waals surface area contributed by atoms with Gasteiger partial charge >= 0.3 is 0 Å². The molecule has 3 rings (SSSR count). The summed E-state index contributed by atoms with van der Waals surface area (Å²) in [4.78, 5) is 4.57. The minimum Gasteiger partial charge on any atom is -0.324 e. The second kappa shape index (κ2) is 6.15. The molecule has 0 aliphatic heterocycles. The van der Waals surface area contributed by atoms with E-state index >= 15 is 0 Å². The fourth-order valence-corrected chi connectivity index (χ4v) is 3.75. The third-order valence-corrected chi connectivity index (χ3v) is 5.15. The molecule has 0 radical (unpaired) electrons. The fourth-order valence-electron chi connectivity index (χ4n) is 3.75. The van der Waals surface area contributed by atoms with Gasteiger partial charge in [0, 0.05) is 17.1 Å². The monoisotopic (exact) mass is 282 g/mol. The molecule has 3 atom stereocenters. The van der Waals surface area contributed by atoms with Crippen LogP contribution in [0.2, 0.25) is 0 Å². The van der Waals surface area contributed by atoms with E-state index in [0.29, 0.717) is 5.92 Å². The van der Waals surface area contributed by atoms with Crippen LogP contribution in [0.1, 0.15) is 56.3 Å². The summed E-state index contributed by atoms with van der Waals surface area (Å²) in [5.41, 5.74) is 10.00. The molecule has 0 amide bonds. The molecule has 2 nitrogen and oxygen atoms in total. The van der Waals surface area contributed by atoms with Gasteiger partial charge in [0.2, 0.25) is 0 Å². The molecule has 0 bridgehead atoms. The molecule has 2 aromatic rings. The molecule has 2 heteroatoms. The van der Waals surface area contributed by atoms with Crippen LogP contribution < -0.4 is 5.73 Å². The van der Waals surface area contributed by atoms with E-state index in [2.05, 4.69) is 42.2 Å². The van der Waals surface area contributed by atoms with Crippen LogP contribution in [0.5, 0.6) is 0 Å². The van der Waals surface area contributed by atoms with Crippen molar-refractivity contribution in [1.82, 2.24) is 4.98 Å². The molecule has 3 unspecified atom stereocenters. The molecule has 1 aliphatic carbocycles. The summed E-state index contributed by atoms with van der Waals surface area (Å²) in [5.74, 6) is 1.51. The van der Waals surface area contributed by atoms with E-state index in [4.69, 9.17) is 5.73 Å². The number of aryl methyl sites for hydroxylation is 1. The second-order valence-corrected chi connectivity index (χ2v) is 6.63. The summed E-state index contributed by atoms with van der Waals surface area (Å²) in [5, 5.41) is 1.21. The molecule has 112 valence electrons. The lowest BCUT2D eigenvalue weighted by atomic mass is 9.75. The lowest BCUT2D eigenvalue weighted by Gasteiger charge is -2.32. The van der Waals surface area contributed by atoms with Crippen molar-refractivity contribution in [2.24, 2.45) is 17.6 Å². The Morgan fingerprint density at radius 3 is 2.90 bits per heavy atom. The van der Waals surface area contributed by atoms with E-state index in [-0.39, 0.29) is 6.04 Å². The number of fused-ring (bicyclic) bond motifs is 1. The van der Waals surface area contributed by atoms with Gasteiger partial charge in [-0.1, -0.05) is 38.3 Å². The maximum absolute atomic E-state index is 6.59. The first-order valence-electron chi connectivity index (χ1n) is 8.30. The molecule has 1 aromatic heterocycles. The Morgan fingerprint density at radius 2 is 2.10 bits per heavy atom. The normalized spacial score (nSPS) is 24.1. The number of nitrogens with two attached hydrogens (primary N) is 1. The van der Waals surface area contributed by atoms with E-state index in [1.54, 1.807) is 0 Å². The lowest BCUT2D eigenvalue weighted by molar-refractivity contribution is 0.230. The van der Waals surface area contributed by atoms with Gasteiger partial charge in [0.1, 0.15) is 0 Å². The van der Waals surface area contributed by atoms with Crippen LogP contribution in [-0.2, 0) is 0 Å². The number of aromatic nitrogens is 1. The molecule has 0 saturated heterocycles. The van der Waals surface area contributed by atoms with Crippen LogP contribution in [0.15, 0.2) is 30.3 Å². The molecule has 1 fully saturated rings. The molecule has 1 saturated carbocycles. The SMILES string of the molecule is CCC1CCCC(C(N)c2ccc3nc(C)ccc3c2)C1. The Balaban J connectivity index is 1.83. The third kappa shape index (κ3) is 3.11. The van der Waals surface area contributed by atoms with Gasteiger partial charge in [-0.3, -0.25) is 4.98 Å². The Hall–Kier alpha value is -1.41. The number of rotatable bonds is 3. The predicted molar refractivity (Wildman–Crippen MR) is 89.1 cm³/mol. The Morgan fingerprint density at radius 1 is 1.24 bits per heavy atom. The molecule has 1 aromatic carbocycles. The van der Waals surface area contributed by atoms with Gasteiger partial charge in [-0.2, -0.15) is 0 Å². The summed E-state index contributed by atoms with van der Waals surface area (Å²) in [6.45, 7) is 4.34. The van der Waals surface area contributed by atoms with Crippen LogP contribution >= 0.6 is 0 Å². The average Bonchev–Trinajstić information content (AvgIpc) is 2.53. The van der Waals surface area contributed by atoms with Crippen molar-refractivity contribution < 1.29 is 0 Å². The Labute approximate surface area is 127 Å². The van der Waals surface area contributed by atoms with E-state index < -0.39 is 0 Å². The van der Waals surface area contributed by atoms with Gasteiger partial charge in [-0.05, 0) is 55.4 Å². The van der Waals surface area contributed by atoms with Crippen molar-refractivity contribution >= 4 is 10.9 Å².